The van der Waals surface area contributed by atoms with Crippen molar-refractivity contribution < 1.29 is 8.42 Å². The van der Waals surface area contributed by atoms with Gasteiger partial charge in [-0.15, -0.1) is 0 Å². The van der Waals surface area contributed by atoms with E-state index in [0.29, 0.717) is 17.6 Å². The molecule has 0 aromatic rings. The fraction of sp³-hybridized carbons (Fsp3) is 1.00. The zero-order valence-electron chi connectivity index (χ0n) is 11.4. The largest absolute Gasteiger partial charge is 0.320 e. The van der Waals surface area contributed by atoms with Gasteiger partial charge in [0, 0.05) is 13.1 Å². The summed E-state index contributed by atoms with van der Waals surface area (Å²) in [6.45, 7) is 2.47. The molecule has 2 rings (SSSR count). The molecule has 0 radical (unpaired) electrons. The topological polar surface area (TPSA) is 49.4 Å². The Morgan fingerprint density at radius 1 is 1.06 bits per heavy atom. The molecule has 0 aromatic carbocycles. The number of nitrogens with zero attached hydrogens (tertiary/aromatic N) is 1. The lowest BCUT2D eigenvalue weighted by Crippen LogP contribution is -2.36. The summed E-state index contributed by atoms with van der Waals surface area (Å²) >= 11 is 0. The van der Waals surface area contributed by atoms with Crippen molar-refractivity contribution in [1.82, 2.24) is 9.62 Å². The van der Waals surface area contributed by atoms with Crippen LogP contribution in [0.2, 0.25) is 0 Å². The Balaban J connectivity index is 1.80. The molecule has 0 amide bonds. The van der Waals surface area contributed by atoms with Gasteiger partial charge in [-0.2, -0.15) is 0 Å². The summed E-state index contributed by atoms with van der Waals surface area (Å²) in [6.07, 6.45) is 6.59. The molecule has 2 aliphatic carbocycles. The van der Waals surface area contributed by atoms with Crippen LogP contribution in [-0.4, -0.2) is 45.2 Å². The molecule has 1 N–H and O–H groups in total. The first-order valence-electron chi connectivity index (χ1n) is 7.24. The first-order valence-corrected chi connectivity index (χ1v) is 8.85. The highest BCUT2D eigenvalue weighted by Gasteiger charge is 2.34. The highest BCUT2D eigenvalue weighted by Crippen LogP contribution is 2.34. The van der Waals surface area contributed by atoms with E-state index in [0.717, 1.165) is 32.5 Å². The van der Waals surface area contributed by atoms with Crippen LogP contribution in [0.3, 0.4) is 0 Å². The van der Waals surface area contributed by atoms with Gasteiger partial charge in [-0.05, 0) is 64.0 Å². The van der Waals surface area contributed by atoms with Gasteiger partial charge in [-0.25, -0.2) is 12.7 Å². The lowest BCUT2D eigenvalue weighted by Gasteiger charge is -2.22. The standard InChI is InChI=1S/C13H26N2O2S/c1-14-8-2-3-9-18(16,17)15(10-12-4-5-12)11-13-6-7-13/h12-14H,2-11H2,1H3. The van der Waals surface area contributed by atoms with Gasteiger partial charge in [0.15, 0.2) is 0 Å². The van der Waals surface area contributed by atoms with Crippen molar-refractivity contribution in [1.29, 1.82) is 0 Å². The van der Waals surface area contributed by atoms with Crippen molar-refractivity contribution in [2.45, 2.75) is 38.5 Å². The van der Waals surface area contributed by atoms with E-state index in [-0.39, 0.29) is 0 Å². The highest BCUT2D eigenvalue weighted by molar-refractivity contribution is 7.89. The maximum atomic E-state index is 12.3. The number of hydrogen-bond donors (Lipinski definition) is 1. The van der Waals surface area contributed by atoms with E-state index in [1.807, 2.05) is 7.05 Å². The average Bonchev–Trinajstić information content (AvgIpc) is 3.17. The molecule has 18 heavy (non-hydrogen) atoms. The molecule has 0 spiro atoms. The number of rotatable bonds is 10. The van der Waals surface area contributed by atoms with Gasteiger partial charge in [-0.3, -0.25) is 0 Å². The van der Waals surface area contributed by atoms with Gasteiger partial charge in [0.1, 0.15) is 0 Å². The highest BCUT2D eigenvalue weighted by atomic mass is 32.2. The fourth-order valence-electron chi connectivity index (χ4n) is 2.19. The van der Waals surface area contributed by atoms with Gasteiger partial charge < -0.3 is 5.32 Å². The monoisotopic (exact) mass is 274 g/mol. The summed E-state index contributed by atoms with van der Waals surface area (Å²) in [6, 6.07) is 0. The molecular weight excluding hydrogens is 248 g/mol. The van der Waals surface area contributed by atoms with E-state index >= 15 is 0 Å². The minimum atomic E-state index is -3.01. The molecular formula is C13H26N2O2S. The summed E-state index contributed by atoms with van der Waals surface area (Å²) in [5, 5.41) is 3.06. The van der Waals surface area contributed by atoms with Crippen molar-refractivity contribution in [2.75, 3.05) is 32.4 Å². The predicted molar refractivity (Wildman–Crippen MR) is 74.0 cm³/mol. The molecule has 0 aromatic heterocycles. The smallest absolute Gasteiger partial charge is 0.214 e. The maximum absolute atomic E-state index is 12.3. The van der Waals surface area contributed by atoms with Crippen LogP contribution in [0.25, 0.3) is 0 Å². The third-order valence-electron chi connectivity index (χ3n) is 3.79. The lowest BCUT2D eigenvalue weighted by molar-refractivity contribution is 0.381. The van der Waals surface area contributed by atoms with Crippen LogP contribution in [0.4, 0.5) is 0 Å². The van der Waals surface area contributed by atoms with E-state index < -0.39 is 10.0 Å². The first kappa shape index (κ1) is 14.3. The van der Waals surface area contributed by atoms with Crippen LogP contribution in [0, 0.1) is 11.8 Å². The predicted octanol–water partition coefficient (Wildman–Crippen LogP) is 1.44. The van der Waals surface area contributed by atoms with Crippen molar-refractivity contribution in [3.63, 3.8) is 0 Å². The Morgan fingerprint density at radius 2 is 1.61 bits per heavy atom. The van der Waals surface area contributed by atoms with Gasteiger partial charge in [0.05, 0.1) is 5.75 Å². The number of sulfonamides is 1. The molecule has 4 nitrogen and oxygen atoms in total. The van der Waals surface area contributed by atoms with E-state index in [9.17, 15) is 8.42 Å². The van der Waals surface area contributed by atoms with E-state index in [4.69, 9.17) is 0 Å². The van der Waals surface area contributed by atoms with Crippen LogP contribution in [0.5, 0.6) is 0 Å². The Morgan fingerprint density at radius 3 is 2.06 bits per heavy atom. The second kappa shape index (κ2) is 6.35. The van der Waals surface area contributed by atoms with Gasteiger partial charge in [-0.1, -0.05) is 0 Å². The summed E-state index contributed by atoms with van der Waals surface area (Å²) in [5.41, 5.74) is 0. The zero-order valence-corrected chi connectivity index (χ0v) is 12.2. The van der Waals surface area contributed by atoms with Crippen molar-refractivity contribution in [2.24, 2.45) is 11.8 Å². The number of unbranched alkanes of at least 4 members (excludes halogenated alkanes) is 1. The summed E-state index contributed by atoms with van der Waals surface area (Å²) < 4.78 is 26.4. The quantitative estimate of drug-likeness (QED) is 0.613. The van der Waals surface area contributed by atoms with Crippen LogP contribution >= 0.6 is 0 Å². The first-order chi connectivity index (χ1) is 8.62. The Hall–Kier alpha value is -0.130. The third-order valence-corrected chi connectivity index (χ3v) is 5.68. The molecule has 2 aliphatic rings. The minimum Gasteiger partial charge on any atom is -0.320 e. The SMILES string of the molecule is CNCCCCS(=O)(=O)N(CC1CC1)CC1CC1. The summed E-state index contributed by atoms with van der Waals surface area (Å²) in [5.74, 6) is 1.63. The van der Waals surface area contributed by atoms with Crippen LogP contribution in [-0.2, 0) is 10.0 Å². The second-order valence-corrected chi connectivity index (χ2v) is 7.92. The summed E-state index contributed by atoms with van der Waals surface area (Å²) in [7, 11) is -1.10. The number of nitrogens with one attached hydrogen (secondary N) is 1. The van der Waals surface area contributed by atoms with Gasteiger partial charge in [0.2, 0.25) is 10.0 Å². The van der Waals surface area contributed by atoms with E-state index in [1.165, 1.54) is 25.7 Å². The molecule has 0 saturated heterocycles. The van der Waals surface area contributed by atoms with E-state index in [2.05, 4.69) is 5.32 Å². The molecule has 0 unspecified atom stereocenters. The van der Waals surface area contributed by atoms with Gasteiger partial charge >= 0.3 is 0 Å². The average molecular weight is 274 g/mol. The van der Waals surface area contributed by atoms with Crippen molar-refractivity contribution >= 4 is 10.0 Å². The van der Waals surface area contributed by atoms with Crippen molar-refractivity contribution in [3.8, 4) is 0 Å². The van der Waals surface area contributed by atoms with Crippen molar-refractivity contribution in [3.05, 3.63) is 0 Å². The Kier molecular flexibility index (Phi) is 5.04. The summed E-state index contributed by atoms with van der Waals surface area (Å²) in [4.78, 5) is 0. The molecule has 2 fully saturated rings. The fourth-order valence-corrected chi connectivity index (χ4v) is 3.90. The zero-order chi connectivity index (χ0) is 13.0. The van der Waals surface area contributed by atoms with Gasteiger partial charge in [0.25, 0.3) is 0 Å². The molecule has 0 heterocycles. The molecule has 0 bridgehead atoms. The minimum absolute atomic E-state index is 0.327. The maximum Gasteiger partial charge on any atom is 0.214 e. The molecule has 0 atom stereocenters. The van der Waals surface area contributed by atoms with Crippen LogP contribution in [0.15, 0.2) is 0 Å². The Labute approximate surface area is 111 Å². The van der Waals surface area contributed by atoms with Crippen LogP contribution in [0.1, 0.15) is 38.5 Å². The molecule has 5 heteroatoms. The molecule has 0 aliphatic heterocycles. The third kappa shape index (κ3) is 4.86. The lowest BCUT2D eigenvalue weighted by atomic mass is 10.3. The Bertz CT molecular complexity index is 334. The number of hydrogen-bond acceptors (Lipinski definition) is 3. The normalized spacial score (nSPS) is 20.6. The van der Waals surface area contributed by atoms with Crippen LogP contribution < -0.4 is 5.32 Å². The second-order valence-electron chi connectivity index (χ2n) is 5.83. The molecule has 2 saturated carbocycles. The van der Waals surface area contributed by atoms with E-state index in [1.54, 1.807) is 4.31 Å². The molecule has 106 valence electrons.